The van der Waals surface area contributed by atoms with E-state index in [1.165, 1.54) is 24.3 Å². The van der Waals surface area contributed by atoms with Crippen LogP contribution in [0.2, 0.25) is 0 Å². The van der Waals surface area contributed by atoms with Crippen LogP contribution in [0.1, 0.15) is 45.6 Å². The number of non-ortho nitro benzene ring substituents is 1. The highest BCUT2D eigenvalue weighted by atomic mass is 16.6. The molecule has 0 saturated heterocycles. The maximum absolute atomic E-state index is 13.2. The number of hydrogen-bond acceptors (Lipinski definition) is 5. The van der Waals surface area contributed by atoms with E-state index in [1.54, 1.807) is 0 Å². The first-order valence-electron chi connectivity index (χ1n) is 10.4. The van der Waals surface area contributed by atoms with Gasteiger partial charge in [-0.15, -0.1) is 0 Å². The molecule has 3 rings (SSSR count). The molecule has 1 fully saturated rings. The maximum atomic E-state index is 13.2. The van der Waals surface area contributed by atoms with Crippen LogP contribution in [-0.2, 0) is 9.53 Å². The van der Waals surface area contributed by atoms with E-state index in [-0.39, 0.29) is 17.5 Å². The van der Waals surface area contributed by atoms with Gasteiger partial charge in [0.2, 0.25) is 0 Å². The van der Waals surface area contributed by atoms with Crippen LogP contribution in [0.25, 0.3) is 0 Å². The van der Waals surface area contributed by atoms with Gasteiger partial charge in [0.1, 0.15) is 6.10 Å². The smallest absolute Gasteiger partial charge is 0.357 e. The summed E-state index contributed by atoms with van der Waals surface area (Å²) in [5.41, 5.74) is 1.32. The number of rotatable bonds is 6. The van der Waals surface area contributed by atoms with Crippen molar-refractivity contribution in [2.45, 2.75) is 46.1 Å². The van der Waals surface area contributed by atoms with Crippen molar-refractivity contribution in [1.29, 1.82) is 0 Å². The zero-order chi connectivity index (χ0) is 21.7. The first-order chi connectivity index (χ1) is 14.3. The van der Waals surface area contributed by atoms with Crippen molar-refractivity contribution in [2.75, 3.05) is 0 Å². The van der Waals surface area contributed by atoms with Crippen molar-refractivity contribution in [3.8, 4) is 0 Å². The third kappa shape index (κ3) is 5.32. The Morgan fingerprint density at radius 1 is 1.10 bits per heavy atom. The van der Waals surface area contributed by atoms with Gasteiger partial charge >= 0.3 is 5.97 Å². The minimum absolute atomic E-state index is 0.0197. The molecule has 0 spiro atoms. The first kappa shape index (κ1) is 21.7. The van der Waals surface area contributed by atoms with E-state index in [1.807, 2.05) is 30.3 Å². The average molecular weight is 408 g/mol. The van der Waals surface area contributed by atoms with E-state index < -0.39 is 10.9 Å². The summed E-state index contributed by atoms with van der Waals surface area (Å²) < 4.78 is 6.01. The number of nitro benzene ring substituents is 1. The maximum Gasteiger partial charge on any atom is 0.357 e. The van der Waals surface area contributed by atoms with E-state index in [0.29, 0.717) is 29.0 Å². The lowest BCUT2D eigenvalue weighted by molar-refractivity contribution is -0.384. The second-order valence-corrected chi connectivity index (χ2v) is 8.37. The molecule has 1 aliphatic carbocycles. The summed E-state index contributed by atoms with van der Waals surface area (Å²) in [7, 11) is 0. The lowest BCUT2D eigenvalue weighted by Gasteiger charge is -2.36. The van der Waals surface area contributed by atoms with E-state index in [0.717, 1.165) is 19.3 Å². The van der Waals surface area contributed by atoms with Crippen LogP contribution < -0.4 is 0 Å². The summed E-state index contributed by atoms with van der Waals surface area (Å²) in [5.74, 6) is 0.831. The van der Waals surface area contributed by atoms with Gasteiger partial charge < -0.3 is 4.74 Å². The molecule has 0 bridgehead atoms. The van der Waals surface area contributed by atoms with Gasteiger partial charge in [0, 0.05) is 17.7 Å². The molecule has 0 N–H and O–H groups in total. The molecule has 3 atom stereocenters. The summed E-state index contributed by atoms with van der Waals surface area (Å²) in [6.07, 6.45) is 2.93. The highest BCUT2D eigenvalue weighted by Crippen LogP contribution is 2.35. The van der Waals surface area contributed by atoms with Crippen molar-refractivity contribution in [3.05, 3.63) is 70.3 Å². The second-order valence-electron chi connectivity index (χ2n) is 8.37. The van der Waals surface area contributed by atoms with Gasteiger partial charge in [0.05, 0.1) is 10.6 Å². The number of nitro groups is 1. The quantitative estimate of drug-likeness (QED) is 0.265. The number of aliphatic imine (C=N–C) groups is 1. The van der Waals surface area contributed by atoms with Crippen LogP contribution in [-0.4, -0.2) is 22.7 Å². The molecule has 6 heteroatoms. The largest absolute Gasteiger partial charge is 0.457 e. The number of hydrogen-bond donors (Lipinski definition) is 0. The highest BCUT2D eigenvalue weighted by Gasteiger charge is 2.34. The third-order valence-corrected chi connectivity index (χ3v) is 5.76. The Kier molecular flexibility index (Phi) is 6.98. The minimum atomic E-state index is -0.462. The first-order valence-corrected chi connectivity index (χ1v) is 10.4. The molecule has 1 saturated carbocycles. The lowest BCUT2D eigenvalue weighted by Crippen LogP contribution is -2.37. The Bertz CT molecular complexity index is 907. The molecule has 0 radical (unpaired) electrons. The molecular formula is C24H28N2O4. The summed E-state index contributed by atoms with van der Waals surface area (Å²) in [4.78, 5) is 28.1. The van der Waals surface area contributed by atoms with Crippen LogP contribution >= 0.6 is 0 Å². The van der Waals surface area contributed by atoms with E-state index >= 15 is 0 Å². The summed E-state index contributed by atoms with van der Waals surface area (Å²) in [6, 6.07) is 15.0. The zero-order valence-electron chi connectivity index (χ0n) is 17.7. The number of ether oxygens (including phenoxy) is 1. The van der Waals surface area contributed by atoms with Crippen LogP contribution in [0.3, 0.4) is 0 Å². The Balaban J connectivity index is 1.90. The Morgan fingerprint density at radius 3 is 2.37 bits per heavy atom. The minimum Gasteiger partial charge on any atom is -0.457 e. The monoisotopic (exact) mass is 408 g/mol. The molecule has 0 aromatic heterocycles. The van der Waals surface area contributed by atoms with Gasteiger partial charge in [-0.3, -0.25) is 10.1 Å². The van der Waals surface area contributed by atoms with Gasteiger partial charge in [-0.25, -0.2) is 9.79 Å². The molecule has 2 aromatic rings. The van der Waals surface area contributed by atoms with Gasteiger partial charge in [-0.1, -0.05) is 57.5 Å². The fraction of sp³-hybridized carbons (Fsp3) is 0.417. The highest BCUT2D eigenvalue weighted by molar-refractivity contribution is 6.43. The van der Waals surface area contributed by atoms with Crippen LogP contribution in [0.4, 0.5) is 11.4 Å². The average Bonchev–Trinajstić information content (AvgIpc) is 2.72. The predicted octanol–water partition coefficient (Wildman–Crippen LogP) is 5.72. The molecule has 0 heterocycles. The fourth-order valence-corrected chi connectivity index (χ4v) is 4.05. The van der Waals surface area contributed by atoms with E-state index in [9.17, 15) is 14.9 Å². The molecule has 0 amide bonds. The topological polar surface area (TPSA) is 81.8 Å². The SMILES string of the molecule is CC1CCC(C(C)C)C(OC(=O)C(=Nc2ccc([N+](=O)[O-])cc2)c2ccccc2)C1. The Hall–Kier alpha value is -3.02. The van der Waals surface area contributed by atoms with Crippen molar-refractivity contribution >= 4 is 23.1 Å². The zero-order valence-corrected chi connectivity index (χ0v) is 17.7. The van der Waals surface area contributed by atoms with Gasteiger partial charge in [0.15, 0.2) is 5.71 Å². The molecule has 1 aliphatic rings. The molecular weight excluding hydrogens is 380 g/mol. The predicted molar refractivity (Wildman–Crippen MR) is 117 cm³/mol. The lowest BCUT2D eigenvalue weighted by atomic mass is 9.75. The number of benzene rings is 2. The van der Waals surface area contributed by atoms with Gasteiger partial charge in [-0.05, 0) is 42.7 Å². The Labute approximate surface area is 177 Å². The standard InChI is InChI=1S/C24H28N2O4/c1-16(2)21-14-9-17(3)15-22(21)30-24(27)23(18-7-5-4-6-8-18)25-19-10-12-20(13-11-19)26(28)29/h4-8,10-13,16-17,21-22H,9,14-15H2,1-3H3. The van der Waals surface area contributed by atoms with Crippen LogP contribution in [0.15, 0.2) is 59.6 Å². The van der Waals surface area contributed by atoms with Crippen LogP contribution in [0.5, 0.6) is 0 Å². The Morgan fingerprint density at radius 2 is 1.77 bits per heavy atom. The van der Waals surface area contributed by atoms with Crippen molar-refractivity contribution in [2.24, 2.45) is 22.7 Å². The number of esters is 1. The van der Waals surface area contributed by atoms with Crippen molar-refractivity contribution in [3.63, 3.8) is 0 Å². The number of carbonyl (C=O) groups excluding carboxylic acids is 1. The van der Waals surface area contributed by atoms with Crippen LogP contribution in [0, 0.1) is 27.9 Å². The third-order valence-electron chi connectivity index (χ3n) is 5.76. The van der Waals surface area contributed by atoms with E-state index in [4.69, 9.17) is 4.74 Å². The molecule has 0 aliphatic heterocycles. The fourth-order valence-electron chi connectivity index (χ4n) is 4.05. The number of nitrogens with zero attached hydrogens (tertiary/aromatic N) is 2. The number of carbonyl (C=O) groups is 1. The molecule has 30 heavy (non-hydrogen) atoms. The van der Waals surface area contributed by atoms with Gasteiger partial charge in [0.25, 0.3) is 5.69 Å². The van der Waals surface area contributed by atoms with Crippen molar-refractivity contribution in [1.82, 2.24) is 0 Å². The summed E-state index contributed by atoms with van der Waals surface area (Å²) >= 11 is 0. The molecule has 3 unspecified atom stereocenters. The molecule has 6 nitrogen and oxygen atoms in total. The summed E-state index contributed by atoms with van der Waals surface area (Å²) in [6.45, 7) is 6.54. The van der Waals surface area contributed by atoms with Crippen molar-refractivity contribution < 1.29 is 14.5 Å². The normalized spacial score (nSPS) is 22.0. The molecule has 2 aromatic carbocycles. The summed E-state index contributed by atoms with van der Waals surface area (Å²) in [5, 5.41) is 10.9. The van der Waals surface area contributed by atoms with Gasteiger partial charge in [-0.2, -0.15) is 0 Å². The second kappa shape index (κ2) is 9.65. The van der Waals surface area contributed by atoms with E-state index in [2.05, 4.69) is 25.8 Å². The molecule has 158 valence electrons.